The molecule has 0 atom stereocenters. The van der Waals surface area contributed by atoms with Crippen molar-refractivity contribution in [2.24, 2.45) is 0 Å². The van der Waals surface area contributed by atoms with Gasteiger partial charge in [-0.15, -0.1) is 0 Å². The Kier molecular flexibility index (Phi) is 11.7. The van der Waals surface area contributed by atoms with Crippen LogP contribution < -0.4 is 14.4 Å². The Morgan fingerprint density at radius 2 is 1.35 bits per heavy atom. The van der Waals surface area contributed by atoms with Crippen LogP contribution in [0.5, 0.6) is 11.5 Å². The van der Waals surface area contributed by atoms with Gasteiger partial charge in [-0.2, -0.15) is 51.3 Å². The topological polar surface area (TPSA) is 47.5 Å². The summed E-state index contributed by atoms with van der Waals surface area (Å²) in [6.45, 7) is 3.09. The van der Waals surface area contributed by atoms with E-state index in [0.717, 1.165) is 17.7 Å². The number of alkyl halides is 9. The summed E-state index contributed by atoms with van der Waals surface area (Å²) < 4.78 is 136. The molecule has 1 heterocycles. The first-order valence-corrected chi connectivity index (χ1v) is 16.2. The van der Waals surface area contributed by atoms with E-state index in [2.05, 4.69) is 9.97 Å². The van der Waals surface area contributed by atoms with Crippen molar-refractivity contribution in [2.75, 3.05) is 30.6 Å². The highest BCUT2D eigenvalue weighted by Crippen LogP contribution is 2.40. The second-order valence-corrected chi connectivity index (χ2v) is 12.3. The summed E-state index contributed by atoms with van der Waals surface area (Å²) in [7, 11) is 1.40. The Morgan fingerprint density at radius 3 is 1.88 bits per heavy atom. The number of rotatable bonds is 12. The summed E-state index contributed by atoms with van der Waals surface area (Å²) in [6, 6.07) is 9.41. The van der Waals surface area contributed by atoms with Crippen LogP contribution in [0.15, 0.2) is 67.0 Å². The Labute approximate surface area is 281 Å². The summed E-state index contributed by atoms with van der Waals surface area (Å²) in [6.07, 6.45) is -10.6. The van der Waals surface area contributed by atoms with Gasteiger partial charge < -0.3 is 14.4 Å². The van der Waals surface area contributed by atoms with Gasteiger partial charge >= 0.3 is 18.5 Å². The van der Waals surface area contributed by atoms with Crippen LogP contribution in [-0.2, 0) is 31.6 Å². The zero-order valence-electron chi connectivity index (χ0n) is 26.7. The third-order valence-electron chi connectivity index (χ3n) is 7.45. The zero-order valence-corrected chi connectivity index (χ0v) is 27.5. The van der Waals surface area contributed by atoms with E-state index < -0.39 is 53.9 Å². The molecule has 0 saturated heterocycles. The molecule has 4 rings (SSSR count). The van der Waals surface area contributed by atoms with E-state index in [1.54, 1.807) is 12.1 Å². The van der Waals surface area contributed by atoms with E-state index in [4.69, 9.17) is 9.47 Å². The van der Waals surface area contributed by atoms with Crippen LogP contribution >= 0.6 is 11.8 Å². The number of benzene rings is 3. The van der Waals surface area contributed by atoms with Crippen LogP contribution in [0.2, 0.25) is 0 Å². The molecular weight excluding hydrogens is 685 g/mol. The van der Waals surface area contributed by atoms with E-state index in [1.807, 2.05) is 26.2 Å². The fourth-order valence-electron chi connectivity index (χ4n) is 4.98. The molecule has 5 nitrogen and oxygen atoms in total. The molecule has 4 aromatic rings. The van der Waals surface area contributed by atoms with Crippen molar-refractivity contribution < 1.29 is 49.0 Å². The standard InChI is InChI=1S/C34H32F9N3O2S/c1-20(2)22-5-8-30(47-3)29(14-22)28-7-6-24(32(35,36)37)13-23(28)19-46(31-44-16-27(17-45-31)48-9-10-49-4)18-21-11-25(33(38,39)40)15-26(12-21)34(41,42)43/h5-8,11-17,20H,9-10,18-19H2,1-4H3. The highest BCUT2D eigenvalue weighted by atomic mass is 32.2. The average Bonchev–Trinajstić information content (AvgIpc) is 3.03. The molecule has 49 heavy (non-hydrogen) atoms. The van der Waals surface area contributed by atoms with Gasteiger partial charge in [-0.05, 0) is 76.9 Å². The minimum absolute atomic E-state index is 0.00393. The molecular formula is C34H32F9N3O2S. The van der Waals surface area contributed by atoms with Gasteiger partial charge in [0, 0.05) is 24.4 Å². The molecule has 1 aromatic heterocycles. The molecule has 0 fully saturated rings. The van der Waals surface area contributed by atoms with Crippen LogP contribution in [0.25, 0.3) is 11.1 Å². The summed E-state index contributed by atoms with van der Waals surface area (Å²) in [4.78, 5) is 9.66. The summed E-state index contributed by atoms with van der Waals surface area (Å²) >= 11 is 1.52. The van der Waals surface area contributed by atoms with Gasteiger partial charge in [0.15, 0.2) is 5.75 Å². The maximum atomic E-state index is 14.0. The molecule has 0 saturated carbocycles. The monoisotopic (exact) mass is 717 g/mol. The van der Waals surface area contributed by atoms with Crippen molar-refractivity contribution in [3.05, 3.63) is 100 Å². The Morgan fingerprint density at radius 1 is 0.735 bits per heavy atom. The number of thioether (sulfide) groups is 1. The lowest BCUT2D eigenvalue weighted by Crippen LogP contribution is -2.25. The molecule has 0 radical (unpaired) electrons. The van der Waals surface area contributed by atoms with Gasteiger partial charge in [-0.25, -0.2) is 9.97 Å². The van der Waals surface area contributed by atoms with Gasteiger partial charge in [0.25, 0.3) is 0 Å². The van der Waals surface area contributed by atoms with Crippen molar-refractivity contribution in [2.45, 2.75) is 51.4 Å². The number of methoxy groups -OCH3 is 1. The normalized spacial score (nSPS) is 12.4. The summed E-state index contributed by atoms with van der Waals surface area (Å²) in [5.41, 5.74) is -2.87. The number of halogens is 9. The molecule has 0 aliphatic heterocycles. The molecule has 3 aromatic carbocycles. The number of anilines is 1. The lowest BCUT2D eigenvalue weighted by molar-refractivity contribution is -0.143. The third-order valence-corrected chi connectivity index (χ3v) is 8.02. The maximum Gasteiger partial charge on any atom is 0.416 e. The molecule has 0 aliphatic rings. The quantitative estimate of drug-likeness (QED) is 0.107. The molecule has 0 spiro atoms. The molecule has 0 unspecified atom stereocenters. The number of ether oxygens (including phenoxy) is 2. The Balaban J connectivity index is 1.90. The molecule has 0 bridgehead atoms. The molecule has 15 heteroatoms. The first kappa shape index (κ1) is 37.7. The van der Waals surface area contributed by atoms with Crippen molar-refractivity contribution in [3.63, 3.8) is 0 Å². The smallest absolute Gasteiger partial charge is 0.416 e. The van der Waals surface area contributed by atoms with Crippen LogP contribution in [0.4, 0.5) is 45.5 Å². The predicted molar refractivity (Wildman–Crippen MR) is 170 cm³/mol. The van der Waals surface area contributed by atoms with Gasteiger partial charge in [0.2, 0.25) is 5.95 Å². The highest BCUT2D eigenvalue weighted by molar-refractivity contribution is 7.98. The van der Waals surface area contributed by atoms with Crippen LogP contribution in [0.3, 0.4) is 0 Å². The maximum absolute atomic E-state index is 14.0. The highest BCUT2D eigenvalue weighted by Gasteiger charge is 2.37. The van der Waals surface area contributed by atoms with E-state index in [0.29, 0.717) is 41.4 Å². The second-order valence-electron chi connectivity index (χ2n) is 11.3. The Bertz CT molecular complexity index is 1690. The minimum atomic E-state index is -5.11. The number of nitrogens with zero attached hydrogens (tertiary/aromatic N) is 3. The minimum Gasteiger partial charge on any atom is -0.496 e. The first-order chi connectivity index (χ1) is 22.9. The van der Waals surface area contributed by atoms with Crippen LogP contribution in [-0.4, -0.2) is 35.7 Å². The van der Waals surface area contributed by atoms with Crippen LogP contribution in [0, 0.1) is 0 Å². The second kappa shape index (κ2) is 15.2. The average molecular weight is 718 g/mol. The third kappa shape index (κ3) is 9.73. The number of hydrogen-bond donors (Lipinski definition) is 0. The number of hydrogen-bond acceptors (Lipinski definition) is 6. The Hall–Kier alpha value is -4.14. The molecule has 0 amide bonds. The van der Waals surface area contributed by atoms with Gasteiger partial charge in [-0.1, -0.05) is 26.0 Å². The molecule has 264 valence electrons. The van der Waals surface area contributed by atoms with Crippen molar-refractivity contribution in [1.29, 1.82) is 0 Å². The van der Waals surface area contributed by atoms with Crippen LogP contribution in [0.1, 0.15) is 53.1 Å². The largest absolute Gasteiger partial charge is 0.496 e. The van der Waals surface area contributed by atoms with Crippen molar-refractivity contribution in [3.8, 4) is 22.6 Å². The molecule has 0 aliphatic carbocycles. The predicted octanol–water partition coefficient (Wildman–Crippen LogP) is 10.3. The molecule has 0 N–H and O–H groups in total. The van der Waals surface area contributed by atoms with Gasteiger partial charge in [0.05, 0.1) is 42.8 Å². The fraction of sp³-hybridized carbons (Fsp3) is 0.353. The lowest BCUT2D eigenvalue weighted by atomic mass is 9.92. The number of aromatic nitrogens is 2. The zero-order chi connectivity index (χ0) is 36.1. The van der Waals surface area contributed by atoms with E-state index in [1.165, 1.54) is 42.2 Å². The van der Waals surface area contributed by atoms with Crippen molar-refractivity contribution >= 4 is 17.7 Å². The van der Waals surface area contributed by atoms with Gasteiger partial charge in [0.1, 0.15) is 5.75 Å². The SMILES string of the molecule is COc1ccc(C(C)C)cc1-c1ccc(C(F)(F)F)cc1CN(Cc1cc(C(F)(F)F)cc(C(F)(F)F)c1)c1ncc(OCCSC)cn1. The summed E-state index contributed by atoms with van der Waals surface area (Å²) in [5.74, 6) is 1.09. The first-order valence-electron chi connectivity index (χ1n) is 14.8. The van der Waals surface area contributed by atoms with E-state index in [-0.39, 0.29) is 29.2 Å². The van der Waals surface area contributed by atoms with Crippen molar-refractivity contribution in [1.82, 2.24) is 9.97 Å². The lowest BCUT2D eigenvalue weighted by Gasteiger charge is -2.26. The summed E-state index contributed by atoms with van der Waals surface area (Å²) in [5, 5.41) is 0. The van der Waals surface area contributed by atoms with Gasteiger partial charge in [-0.3, -0.25) is 0 Å². The van der Waals surface area contributed by atoms with E-state index in [9.17, 15) is 39.5 Å². The van der Waals surface area contributed by atoms with E-state index >= 15 is 0 Å². The fourth-order valence-corrected chi connectivity index (χ4v) is 5.23.